The number of H-pyrrole nitrogens is 1. The van der Waals surface area contributed by atoms with Crippen molar-refractivity contribution in [3.05, 3.63) is 58.7 Å². The van der Waals surface area contributed by atoms with Gasteiger partial charge in [0.1, 0.15) is 5.15 Å². The molecular formula is C13H11Br2ClN2O2. The Hall–Kier alpha value is -0.850. The van der Waals surface area contributed by atoms with E-state index in [4.69, 9.17) is 11.6 Å². The number of hydrogen-bond acceptors (Lipinski definition) is 2. The molecule has 0 spiro atoms. The van der Waals surface area contributed by atoms with Crippen LogP contribution in [0.25, 0.3) is 5.69 Å². The summed E-state index contributed by atoms with van der Waals surface area (Å²) in [5, 5.41) is 0.115. The monoisotopic (exact) mass is 420 g/mol. The van der Waals surface area contributed by atoms with E-state index < -0.39 is 5.69 Å². The van der Waals surface area contributed by atoms with Crippen LogP contribution in [-0.4, -0.2) is 9.55 Å². The van der Waals surface area contributed by atoms with E-state index in [1.54, 1.807) is 12.1 Å². The van der Waals surface area contributed by atoms with E-state index in [1.165, 1.54) is 0 Å². The van der Waals surface area contributed by atoms with Gasteiger partial charge in [0.25, 0.3) is 5.56 Å². The van der Waals surface area contributed by atoms with Crippen molar-refractivity contribution in [1.82, 2.24) is 9.55 Å². The zero-order valence-electron chi connectivity index (χ0n) is 10.5. The fourth-order valence-corrected chi connectivity index (χ4v) is 2.92. The zero-order chi connectivity index (χ0) is 14.9. The summed E-state index contributed by atoms with van der Waals surface area (Å²) in [6.07, 6.45) is 1.28. The number of nitrogens with zero attached hydrogens (tertiary/aromatic N) is 1. The van der Waals surface area contributed by atoms with E-state index in [0.717, 1.165) is 15.5 Å². The van der Waals surface area contributed by atoms with Gasteiger partial charge in [0, 0.05) is 8.95 Å². The summed E-state index contributed by atoms with van der Waals surface area (Å²) in [4.78, 5) is 27.1. The smallest absolute Gasteiger partial charge is 0.297 e. The summed E-state index contributed by atoms with van der Waals surface area (Å²) in [7, 11) is 0. The van der Waals surface area contributed by atoms with Gasteiger partial charge in [-0.3, -0.25) is 9.78 Å². The lowest BCUT2D eigenvalue weighted by Crippen LogP contribution is -2.36. The number of hydrogen-bond donors (Lipinski definition) is 1. The Morgan fingerprint density at radius 2 is 2.00 bits per heavy atom. The Bertz CT molecular complexity index is 768. The fourth-order valence-electron chi connectivity index (χ4n) is 1.89. The van der Waals surface area contributed by atoms with Crippen molar-refractivity contribution in [2.24, 2.45) is 0 Å². The Kier molecular flexibility index (Phi) is 4.88. The second-order valence-corrected chi connectivity index (χ2v) is 6.36. The van der Waals surface area contributed by atoms with Crippen LogP contribution in [-0.2, 0) is 6.42 Å². The number of halogens is 3. The SMILES string of the molecule is CCCc1c(Cl)[nH]c(=O)n(-c2cc(Br)ccc2Br)c1=O. The molecule has 0 fully saturated rings. The van der Waals surface area contributed by atoms with Gasteiger partial charge in [0.05, 0.1) is 11.3 Å². The average Bonchev–Trinajstić information content (AvgIpc) is 2.38. The quantitative estimate of drug-likeness (QED) is 0.768. The fraction of sp³-hybridized carbons (Fsp3) is 0.231. The van der Waals surface area contributed by atoms with Gasteiger partial charge in [-0.2, -0.15) is 0 Å². The second kappa shape index (κ2) is 6.28. The predicted octanol–water partition coefficient (Wildman–Crippen LogP) is 3.66. The van der Waals surface area contributed by atoms with Crippen molar-refractivity contribution >= 4 is 43.5 Å². The molecule has 0 atom stereocenters. The highest BCUT2D eigenvalue weighted by atomic mass is 79.9. The zero-order valence-corrected chi connectivity index (χ0v) is 14.5. The standard InChI is InChI=1S/C13H11Br2ClN2O2/c1-2-3-8-11(16)17-13(20)18(12(8)19)10-6-7(14)4-5-9(10)15/h4-6H,2-3H2,1H3,(H,17,20). The van der Waals surface area contributed by atoms with Crippen LogP contribution in [0.5, 0.6) is 0 Å². The largest absolute Gasteiger partial charge is 0.334 e. The summed E-state index contributed by atoms with van der Waals surface area (Å²) in [5.74, 6) is 0. The number of benzene rings is 1. The van der Waals surface area contributed by atoms with Crippen molar-refractivity contribution in [1.29, 1.82) is 0 Å². The van der Waals surface area contributed by atoms with E-state index >= 15 is 0 Å². The summed E-state index contributed by atoms with van der Waals surface area (Å²) < 4.78 is 2.51. The molecule has 1 N–H and O–H groups in total. The normalized spacial score (nSPS) is 10.8. The van der Waals surface area contributed by atoms with Crippen LogP contribution in [0.3, 0.4) is 0 Å². The molecule has 0 amide bonds. The number of aromatic amines is 1. The minimum absolute atomic E-state index is 0.115. The van der Waals surface area contributed by atoms with Gasteiger partial charge < -0.3 is 0 Å². The number of aromatic nitrogens is 2. The Labute approximate surface area is 137 Å². The van der Waals surface area contributed by atoms with Crippen LogP contribution < -0.4 is 11.2 Å². The first-order valence-corrected chi connectivity index (χ1v) is 7.91. The molecule has 0 aliphatic rings. The lowest BCUT2D eigenvalue weighted by Gasteiger charge is -2.10. The second-order valence-electron chi connectivity index (χ2n) is 4.21. The Balaban J connectivity index is 2.81. The summed E-state index contributed by atoms with van der Waals surface area (Å²) in [5.41, 5.74) is -0.0571. The minimum Gasteiger partial charge on any atom is -0.297 e. The van der Waals surface area contributed by atoms with Crippen LogP contribution >= 0.6 is 43.5 Å². The highest BCUT2D eigenvalue weighted by molar-refractivity contribution is 9.11. The molecule has 1 aromatic heterocycles. The highest BCUT2D eigenvalue weighted by Gasteiger charge is 2.15. The van der Waals surface area contributed by atoms with Gasteiger partial charge in [-0.15, -0.1) is 0 Å². The lowest BCUT2D eigenvalue weighted by molar-refractivity contribution is 0.809. The van der Waals surface area contributed by atoms with Crippen molar-refractivity contribution in [3.8, 4) is 5.69 Å². The van der Waals surface area contributed by atoms with Crippen LogP contribution in [0.15, 0.2) is 36.7 Å². The third-order valence-electron chi connectivity index (χ3n) is 2.80. The first kappa shape index (κ1) is 15.5. The van der Waals surface area contributed by atoms with E-state index in [9.17, 15) is 9.59 Å². The molecule has 0 saturated heterocycles. The summed E-state index contributed by atoms with van der Waals surface area (Å²) in [6, 6.07) is 5.28. The molecule has 20 heavy (non-hydrogen) atoms. The first-order chi connectivity index (χ1) is 9.45. The molecule has 2 rings (SSSR count). The Morgan fingerprint density at radius 1 is 1.30 bits per heavy atom. The molecular weight excluding hydrogens is 411 g/mol. The van der Waals surface area contributed by atoms with Crippen LogP contribution in [0.2, 0.25) is 5.15 Å². The molecule has 0 radical (unpaired) electrons. The van der Waals surface area contributed by atoms with E-state index in [1.807, 2.05) is 13.0 Å². The van der Waals surface area contributed by atoms with Crippen molar-refractivity contribution in [2.75, 3.05) is 0 Å². The van der Waals surface area contributed by atoms with Crippen molar-refractivity contribution in [2.45, 2.75) is 19.8 Å². The predicted molar refractivity (Wildman–Crippen MR) is 87.1 cm³/mol. The number of nitrogens with one attached hydrogen (secondary N) is 1. The Morgan fingerprint density at radius 3 is 2.65 bits per heavy atom. The minimum atomic E-state index is -0.557. The molecule has 7 heteroatoms. The lowest BCUT2D eigenvalue weighted by atomic mass is 10.2. The highest BCUT2D eigenvalue weighted by Crippen LogP contribution is 2.23. The summed E-state index contributed by atoms with van der Waals surface area (Å²) in [6.45, 7) is 1.94. The molecule has 0 bridgehead atoms. The van der Waals surface area contributed by atoms with Crippen LogP contribution in [0.1, 0.15) is 18.9 Å². The number of rotatable bonds is 3. The van der Waals surface area contributed by atoms with E-state index in [-0.39, 0.29) is 10.7 Å². The molecule has 0 aliphatic carbocycles. The van der Waals surface area contributed by atoms with E-state index in [0.29, 0.717) is 22.1 Å². The third-order valence-corrected chi connectivity index (χ3v) is 4.28. The molecule has 1 aromatic carbocycles. The van der Waals surface area contributed by atoms with Gasteiger partial charge in [-0.05, 0) is 40.5 Å². The summed E-state index contributed by atoms with van der Waals surface area (Å²) >= 11 is 12.6. The molecule has 106 valence electrons. The van der Waals surface area contributed by atoms with Crippen LogP contribution in [0.4, 0.5) is 0 Å². The van der Waals surface area contributed by atoms with Gasteiger partial charge in [0.15, 0.2) is 0 Å². The molecule has 1 heterocycles. The van der Waals surface area contributed by atoms with Gasteiger partial charge >= 0.3 is 5.69 Å². The topological polar surface area (TPSA) is 54.9 Å². The van der Waals surface area contributed by atoms with Gasteiger partial charge in [-0.1, -0.05) is 40.9 Å². The average molecular weight is 423 g/mol. The molecule has 2 aromatic rings. The van der Waals surface area contributed by atoms with Crippen LogP contribution in [0, 0.1) is 0 Å². The third kappa shape index (κ3) is 2.92. The maximum absolute atomic E-state index is 12.5. The first-order valence-electron chi connectivity index (χ1n) is 5.94. The molecule has 0 aliphatic heterocycles. The van der Waals surface area contributed by atoms with E-state index in [2.05, 4.69) is 36.8 Å². The van der Waals surface area contributed by atoms with Gasteiger partial charge in [0.2, 0.25) is 0 Å². The molecule has 0 unspecified atom stereocenters. The van der Waals surface area contributed by atoms with Crippen molar-refractivity contribution < 1.29 is 0 Å². The van der Waals surface area contributed by atoms with Crippen molar-refractivity contribution in [3.63, 3.8) is 0 Å². The van der Waals surface area contributed by atoms with Gasteiger partial charge in [-0.25, -0.2) is 9.36 Å². The maximum Gasteiger partial charge on any atom is 0.334 e. The molecule has 4 nitrogen and oxygen atoms in total. The maximum atomic E-state index is 12.5. The molecule has 0 saturated carbocycles.